The Kier molecular flexibility index (Phi) is 6.75. The highest BCUT2D eigenvalue weighted by molar-refractivity contribution is 7.89. The van der Waals surface area contributed by atoms with Crippen molar-refractivity contribution in [2.75, 3.05) is 33.9 Å². The first-order valence-corrected chi connectivity index (χ1v) is 11.4. The number of rotatable bonds is 9. The molecule has 1 N–H and O–H groups in total. The Labute approximate surface area is 165 Å². The van der Waals surface area contributed by atoms with Crippen molar-refractivity contribution in [2.24, 2.45) is 0 Å². The van der Waals surface area contributed by atoms with Gasteiger partial charge in [-0.15, -0.1) is 0 Å². The largest absolute Gasteiger partial charge is 0.493 e. The summed E-state index contributed by atoms with van der Waals surface area (Å²) >= 11 is 1.39. The molecular weight excluding hydrogens is 384 g/mol. The number of methoxy groups -OCH3 is 2. The Bertz CT molecular complexity index is 851. The van der Waals surface area contributed by atoms with Gasteiger partial charge in [0, 0.05) is 25.0 Å². The summed E-state index contributed by atoms with van der Waals surface area (Å²) in [5, 5.41) is 3.42. The van der Waals surface area contributed by atoms with Crippen molar-refractivity contribution in [1.29, 1.82) is 0 Å². The van der Waals surface area contributed by atoms with Crippen molar-refractivity contribution >= 4 is 21.4 Å². The Balaban J connectivity index is 1.45. The molecule has 8 heteroatoms. The minimum atomic E-state index is -3.36. The van der Waals surface area contributed by atoms with Crippen LogP contribution in [0, 0.1) is 0 Å². The van der Waals surface area contributed by atoms with E-state index in [-0.39, 0.29) is 0 Å². The van der Waals surface area contributed by atoms with Gasteiger partial charge in [0.15, 0.2) is 11.5 Å². The summed E-state index contributed by atoms with van der Waals surface area (Å²) in [7, 11) is -0.0421. The van der Waals surface area contributed by atoms with Crippen molar-refractivity contribution in [3.8, 4) is 11.5 Å². The molecule has 148 valence electrons. The topological polar surface area (TPSA) is 67.9 Å². The summed E-state index contributed by atoms with van der Waals surface area (Å²) in [6.07, 6.45) is 2.76. The third-order valence-electron chi connectivity index (χ3n) is 4.80. The first-order chi connectivity index (χ1) is 13.0. The van der Waals surface area contributed by atoms with Crippen LogP contribution >= 0.6 is 11.3 Å². The number of nitrogens with one attached hydrogen (secondary N) is 1. The molecule has 0 bridgehead atoms. The number of benzene rings is 1. The summed E-state index contributed by atoms with van der Waals surface area (Å²) < 4.78 is 37.6. The number of hydrogen-bond donors (Lipinski definition) is 1. The van der Waals surface area contributed by atoms with Crippen LogP contribution in [0.1, 0.15) is 24.0 Å². The van der Waals surface area contributed by atoms with Gasteiger partial charge >= 0.3 is 0 Å². The van der Waals surface area contributed by atoms with Crippen LogP contribution in [0.2, 0.25) is 0 Å². The van der Waals surface area contributed by atoms with E-state index < -0.39 is 10.0 Å². The first kappa shape index (κ1) is 20.1. The maximum absolute atomic E-state index is 12.1. The van der Waals surface area contributed by atoms with Crippen LogP contribution in [0.25, 0.3) is 0 Å². The SMILES string of the molecule is COc1cc2c(cc1OC)CN(CCCCNS(=O)(=O)c1ccsc1)CC2. The number of nitrogens with zero attached hydrogens (tertiary/aromatic N) is 1. The summed E-state index contributed by atoms with van der Waals surface area (Å²) in [5.74, 6) is 1.54. The van der Waals surface area contributed by atoms with E-state index >= 15 is 0 Å². The van der Waals surface area contributed by atoms with Crippen molar-refractivity contribution in [3.05, 3.63) is 40.1 Å². The number of unbranched alkanes of at least 4 members (excludes halogenated alkanes) is 1. The van der Waals surface area contributed by atoms with E-state index in [0.717, 1.165) is 50.4 Å². The molecule has 0 fully saturated rings. The lowest BCUT2D eigenvalue weighted by atomic mass is 9.98. The average molecular weight is 411 g/mol. The smallest absolute Gasteiger partial charge is 0.241 e. The second-order valence-electron chi connectivity index (χ2n) is 6.57. The van der Waals surface area contributed by atoms with Gasteiger partial charge in [-0.25, -0.2) is 13.1 Å². The summed E-state index contributed by atoms with van der Waals surface area (Å²) in [4.78, 5) is 2.76. The number of hydrogen-bond acceptors (Lipinski definition) is 6. The van der Waals surface area contributed by atoms with Crippen LogP contribution in [0.4, 0.5) is 0 Å². The zero-order chi connectivity index (χ0) is 19.3. The lowest BCUT2D eigenvalue weighted by molar-refractivity contribution is 0.248. The zero-order valence-corrected chi connectivity index (χ0v) is 17.4. The molecule has 3 rings (SSSR count). The number of sulfonamides is 1. The van der Waals surface area contributed by atoms with Gasteiger partial charge in [0.1, 0.15) is 0 Å². The second kappa shape index (κ2) is 9.05. The number of fused-ring (bicyclic) bond motifs is 1. The molecule has 27 heavy (non-hydrogen) atoms. The molecule has 0 aliphatic carbocycles. The number of thiophene rings is 1. The van der Waals surface area contributed by atoms with Gasteiger partial charge in [0.25, 0.3) is 0 Å². The van der Waals surface area contributed by atoms with Gasteiger partial charge in [-0.3, -0.25) is 4.90 Å². The summed E-state index contributed by atoms with van der Waals surface area (Å²) in [6.45, 7) is 3.31. The maximum atomic E-state index is 12.1. The van der Waals surface area contributed by atoms with Crippen molar-refractivity contribution in [1.82, 2.24) is 9.62 Å². The van der Waals surface area contributed by atoms with Crippen LogP contribution < -0.4 is 14.2 Å². The predicted molar refractivity (Wildman–Crippen MR) is 107 cm³/mol. The quantitative estimate of drug-likeness (QED) is 0.644. The minimum absolute atomic E-state index is 0.351. The molecule has 1 aliphatic heterocycles. The van der Waals surface area contributed by atoms with E-state index in [1.807, 2.05) is 0 Å². The molecule has 0 saturated carbocycles. The normalized spacial score (nSPS) is 14.7. The van der Waals surface area contributed by atoms with Gasteiger partial charge < -0.3 is 9.47 Å². The van der Waals surface area contributed by atoms with Crippen LogP contribution in [-0.2, 0) is 23.0 Å². The molecular formula is C19H26N2O4S2. The molecule has 0 radical (unpaired) electrons. The second-order valence-corrected chi connectivity index (χ2v) is 9.11. The predicted octanol–water partition coefficient (Wildman–Crippen LogP) is 2.88. The highest BCUT2D eigenvalue weighted by Crippen LogP contribution is 2.33. The Hall–Kier alpha value is -1.61. The molecule has 0 atom stereocenters. The van der Waals surface area contributed by atoms with Crippen LogP contribution in [0.15, 0.2) is 33.9 Å². The highest BCUT2D eigenvalue weighted by Gasteiger charge is 2.19. The standard InChI is InChI=1S/C19H26N2O4S2/c1-24-18-11-15-5-9-21(13-16(15)12-19(18)25-2)8-4-3-7-20-27(22,23)17-6-10-26-14-17/h6,10-12,14,20H,3-5,7-9,13H2,1-2H3. The Morgan fingerprint density at radius 2 is 1.89 bits per heavy atom. The fourth-order valence-electron chi connectivity index (χ4n) is 3.29. The molecule has 0 amide bonds. The number of ether oxygens (including phenoxy) is 2. The van der Waals surface area contributed by atoms with E-state index in [0.29, 0.717) is 11.4 Å². The average Bonchev–Trinajstić information content (AvgIpc) is 3.22. The van der Waals surface area contributed by atoms with Gasteiger partial charge in [0.05, 0.1) is 19.1 Å². The Morgan fingerprint density at radius 1 is 1.15 bits per heavy atom. The van der Waals surface area contributed by atoms with Crippen LogP contribution in [-0.4, -0.2) is 47.2 Å². The monoisotopic (exact) mass is 410 g/mol. The molecule has 0 spiro atoms. The zero-order valence-electron chi connectivity index (χ0n) is 15.7. The molecule has 0 unspecified atom stereocenters. The lowest BCUT2D eigenvalue weighted by Crippen LogP contribution is -2.32. The highest BCUT2D eigenvalue weighted by atomic mass is 32.2. The van der Waals surface area contributed by atoms with Gasteiger partial charge in [-0.1, -0.05) is 0 Å². The molecule has 2 aromatic rings. The molecule has 1 aromatic carbocycles. The van der Waals surface area contributed by atoms with Crippen molar-refractivity contribution in [2.45, 2.75) is 30.7 Å². The Morgan fingerprint density at radius 3 is 2.56 bits per heavy atom. The fourth-order valence-corrected chi connectivity index (χ4v) is 5.39. The summed E-state index contributed by atoms with van der Waals surface area (Å²) in [5.41, 5.74) is 2.59. The fraction of sp³-hybridized carbons (Fsp3) is 0.474. The van der Waals surface area contributed by atoms with E-state index in [1.165, 1.54) is 22.5 Å². The third-order valence-corrected chi connectivity index (χ3v) is 7.09. The third kappa shape index (κ3) is 5.01. The maximum Gasteiger partial charge on any atom is 0.241 e. The van der Waals surface area contributed by atoms with Gasteiger partial charge in [-0.2, -0.15) is 11.3 Å². The van der Waals surface area contributed by atoms with Crippen molar-refractivity contribution in [3.63, 3.8) is 0 Å². The van der Waals surface area contributed by atoms with E-state index in [4.69, 9.17) is 9.47 Å². The molecule has 1 aromatic heterocycles. The van der Waals surface area contributed by atoms with Gasteiger partial charge in [-0.05, 0) is 60.5 Å². The van der Waals surface area contributed by atoms with Crippen LogP contribution in [0.5, 0.6) is 11.5 Å². The minimum Gasteiger partial charge on any atom is -0.493 e. The van der Waals surface area contributed by atoms with Crippen molar-refractivity contribution < 1.29 is 17.9 Å². The summed E-state index contributed by atoms with van der Waals surface area (Å²) in [6, 6.07) is 5.77. The lowest BCUT2D eigenvalue weighted by Gasteiger charge is -2.29. The molecule has 0 saturated heterocycles. The van der Waals surface area contributed by atoms with Crippen LogP contribution in [0.3, 0.4) is 0 Å². The van der Waals surface area contributed by atoms with Gasteiger partial charge in [0.2, 0.25) is 10.0 Å². The molecule has 2 heterocycles. The molecule has 1 aliphatic rings. The van der Waals surface area contributed by atoms with E-state index in [2.05, 4.69) is 21.8 Å². The van der Waals surface area contributed by atoms with E-state index in [9.17, 15) is 8.42 Å². The molecule has 6 nitrogen and oxygen atoms in total. The first-order valence-electron chi connectivity index (χ1n) is 9.01. The van der Waals surface area contributed by atoms with E-state index in [1.54, 1.807) is 31.0 Å².